The first-order valence-corrected chi connectivity index (χ1v) is 22.1. The van der Waals surface area contributed by atoms with Crippen LogP contribution in [-0.4, -0.2) is 75.5 Å². The van der Waals surface area contributed by atoms with E-state index in [-0.39, 0.29) is 49.1 Å². The summed E-state index contributed by atoms with van der Waals surface area (Å²) < 4.78 is 17.1. The van der Waals surface area contributed by atoms with E-state index in [0.717, 1.165) is 83.5 Å². The number of hydrogen-bond acceptors (Lipinski definition) is 7. The first kappa shape index (κ1) is 53.5. The van der Waals surface area contributed by atoms with E-state index in [4.69, 9.17) is 14.2 Å². The van der Waals surface area contributed by atoms with Gasteiger partial charge in [-0.3, -0.25) is 9.59 Å². The molecule has 0 radical (unpaired) electrons. The van der Waals surface area contributed by atoms with Crippen molar-refractivity contribution in [3.63, 3.8) is 0 Å². The Hall–Kier alpha value is -3.49. The van der Waals surface area contributed by atoms with Gasteiger partial charge in [-0.15, -0.1) is 0 Å². The van der Waals surface area contributed by atoms with Crippen LogP contribution in [0.5, 0.6) is 0 Å². The Morgan fingerprint density at radius 2 is 1.00 bits per heavy atom. The molecule has 0 heterocycles. The van der Waals surface area contributed by atoms with Crippen LogP contribution in [0.3, 0.4) is 0 Å². The van der Waals surface area contributed by atoms with E-state index in [0.29, 0.717) is 12.8 Å². The Morgan fingerprint density at radius 1 is 0.544 bits per heavy atom. The van der Waals surface area contributed by atoms with E-state index < -0.39 is 18.1 Å². The number of quaternary nitrogens is 1. The van der Waals surface area contributed by atoms with Crippen molar-refractivity contribution >= 4 is 17.9 Å². The van der Waals surface area contributed by atoms with Crippen molar-refractivity contribution in [1.29, 1.82) is 0 Å². The van der Waals surface area contributed by atoms with E-state index in [1.807, 2.05) is 0 Å². The second-order valence-corrected chi connectivity index (χ2v) is 15.5. The van der Waals surface area contributed by atoms with E-state index >= 15 is 0 Å². The lowest BCUT2D eigenvalue weighted by Crippen LogP contribution is -2.55. The normalized spacial score (nSPS) is 13.8. The summed E-state index contributed by atoms with van der Waals surface area (Å²) in [5.41, 5.74) is 0. The third-order valence-corrected chi connectivity index (χ3v) is 9.27. The lowest BCUT2D eigenvalue weighted by Gasteiger charge is -2.34. The summed E-state index contributed by atoms with van der Waals surface area (Å²) in [6.07, 6.45) is 50.4. The summed E-state index contributed by atoms with van der Waals surface area (Å²) in [5.74, 6) is -1.84. The monoisotopic (exact) mass is 796 g/mol. The molecule has 8 heteroatoms. The summed E-state index contributed by atoms with van der Waals surface area (Å²) in [7, 11) is 5.37. The minimum atomic E-state index is -1.14. The largest absolute Gasteiger partial charge is 0.544 e. The first-order chi connectivity index (χ1) is 27.6. The zero-order chi connectivity index (χ0) is 42.1. The van der Waals surface area contributed by atoms with Crippen LogP contribution in [0.15, 0.2) is 85.1 Å². The van der Waals surface area contributed by atoms with Crippen molar-refractivity contribution in [3.05, 3.63) is 85.1 Å². The van der Waals surface area contributed by atoms with Gasteiger partial charge in [0.05, 0.1) is 40.3 Å². The second-order valence-electron chi connectivity index (χ2n) is 15.5. The number of aliphatic carboxylic acids is 1. The molecule has 0 bridgehead atoms. The number of likely N-dealkylation sites (N-methyl/N-ethyl adjacent to an activating group) is 1. The number of carbonyl (C=O) groups is 3. The summed E-state index contributed by atoms with van der Waals surface area (Å²) in [4.78, 5) is 36.8. The predicted octanol–water partition coefficient (Wildman–Crippen LogP) is 10.8. The molecule has 0 aliphatic rings. The Morgan fingerprint density at radius 3 is 1.51 bits per heavy atom. The molecule has 0 fully saturated rings. The molecule has 8 nitrogen and oxygen atoms in total. The molecule has 0 saturated carbocycles. The van der Waals surface area contributed by atoms with Gasteiger partial charge in [0.25, 0.3) is 0 Å². The molecule has 57 heavy (non-hydrogen) atoms. The summed E-state index contributed by atoms with van der Waals surface area (Å²) in [6, 6.07) is -0.742. The molecular weight excluding hydrogens is 715 g/mol. The van der Waals surface area contributed by atoms with Crippen molar-refractivity contribution in [1.82, 2.24) is 0 Å². The maximum atomic E-state index is 12.7. The average Bonchev–Trinajstić information content (AvgIpc) is 3.17. The van der Waals surface area contributed by atoms with E-state index in [9.17, 15) is 19.5 Å². The van der Waals surface area contributed by atoms with Crippen molar-refractivity contribution in [3.8, 4) is 0 Å². The molecule has 0 aliphatic heterocycles. The average molecular weight is 796 g/mol. The Labute approximate surface area is 348 Å². The molecule has 2 unspecified atom stereocenters. The number of allylic oxidation sites excluding steroid dienone is 14. The van der Waals surface area contributed by atoms with Crippen molar-refractivity contribution in [2.75, 3.05) is 41.0 Å². The summed E-state index contributed by atoms with van der Waals surface area (Å²) >= 11 is 0. The summed E-state index contributed by atoms with van der Waals surface area (Å²) in [6.45, 7) is 4.43. The number of unbranched alkanes of at least 4 members (excludes halogenated alkanes) is 10. The van der Waals surface area contributed by atoms with Gasteiger partial charge in [-0.25, -0.2) is 0 Å². The smallest absolute Gasteiger partial charge is 0.306 e. The van der Waals surface area contributed by atoms with Crippen LogP contribution in [0.1, 0.15) is 155 Å². The molecular formula is C49H81NO7. The zero-order valence-electron chi connectivity index (χ0n) is 36.7. The Bertz CT molecular complexity index is 1200. The van der Waals surface area contributed by atoms with Crippen LogP contribution in [0.4, 0.5) is 0 Å². The van der Waals surface area contributed by atoms with Gasteiger partial charge in [0, 0.05) is 19.3 Å². The molecule has 0 saturated heterocycles. The lowest BCUT2D eigenvalue weighted by atomic mass is 10.1. The van der Waals surface area contributed by atoms with Gasteiger partial charge in [-0.1, -0.05) is 137 Å². The number of esters is 2. The van der Waals surface area contributed by atoms with Gasteiger partial charge in [0.1, 0.15) is 12.6 Å². The molecule has 0 spiro atoms. The van der Waals surface area contributed by atoms with Gasteiger partial charge in [-0.2, -0.15) is 0 Å². The molecule has 0 aromatic rings. The molecule has 0 rings (SSSR count). The van der Waals surface area contributed by atoms with Crippen LogP contribution < -0.4 is 5.11 Å². The highest BCUT2D eigenvalue weighted by Gasteiger charge is 2.25. The second kappa shape index (κ2) is 39.3. The number of hydrogen-bond donors (Lipinski definition) is 0. The van der Waals surface area contributed by atoms with Gasteiger partial charge in [0.15, 0.2) is 6.10 Å². The molecule has 0 aliphatic carbocycles. The Balaban J connectivity index is 4.49. The molecule has 0 aromatic heterocycles. The standard InChI is InChI=1S/C49H81NO7/c1-6-8-10-12-14-16-18-20-22-24-26-28-30-32-34-36-38-40-48(52)57-45(43-55-42-41-46(49(53)54)50(3,4)5)44-56-47(51)39-37-35-33-31-29-27-25-23-21-19-17-15-13-11-9-7-2/h8,10,14,16-17,19-20,22-23,25-26,28,32,34,45-46H,6-7,9,11-13,15,18,21,24,27,29-31,33,35-44H2,1-5H3/b10-8-,16-14-,19-17-,22-20-,25-23-,28-26-,34-32-. The van der Waals surface area contributed by atoms with Gasteiger partial charge in [-0.05, 0) is 83.5 Å². The van der Waals surface area contributed by atoms with E-state index in [1.54, 1.807) is 21.1 Å². The highest BCUT2D eigenvalue weighted by Crippen LogP contribution is 2.11. The fourth-order valence-corrected chi connectivity index (χ4v) is 5.84. The number of carboxylic acid groups (broad SMARTS) is 1. The number of ether oxygens (including phenoxy) is 3. The topological polar surface area (TPSA) is 102 Å². The van der Waals surface area contributed by atoms with Crippen LogP contribution in [0, 0.1) is 0 Å². The highest BCUT2D eigenvalue weighted by molar-refractivity contribution is 5.70. The zero-order valence-corrected chi connectivity index (χ0v) is 36.7. The number of nitrogens with zero attached hydrogens (tertiary/aromatic N) is 1. The van der Waals surface area contributed by atoms with Crippen LogP contribution in [0.2, 0.25) is 0 Å². The fourth-order valence-electron chi connectivity index (χ4n) is 5.84. The molecule has 2 atom stereocenters. The van der Waals surface area contributed by atoms with E-state index in [1.165, 1.54) is 32.1 Å². The molecule has 0 aromatic carbocycles. The SMILES string of the molecule is CC/C=C\C/C=C\C/C=C\C/C=C\C/C=C\CCCC(=O)OC(COCCC(C(=O)[O-])[N+](C)(C)C)COC(=O)CCCCCCC/C=C\C/C=C\CCCCCC. The maximum absolute atomic E-state index is 12.7. The van der Waals surface area contributed by atoms with Gasteiger partial charge in [0.2, 0.25) is 0 Å². The van der Waals surface area contributed by atoms with Crippen molar-refractivity contribution in [2.24, 2.45) is 0 Å². The summed E-state index contributed by atoms with van der Waals surface area (Å²) in [5, 5.41) is 11.6. The van der Waals surface area contributed by atoms with Crippen LogP contribution >= 0.6 is 0 Å². The quantitative estimate of drug-likeness (QED) is 0.0265. The molecule has 324 valence electrons. The van der Waals surface area contributed by atoms with Crippen molar-refractivity contribution < 1.29 is 38.2 Å². The molecule has 0 N–H and O–H groups in total. The van der Waals surface area contributed by atoms with Crippen LogP contribution in [0.25, 0.3) is 0 Å². The third kappa shape index (κ3) is 37.8. The first-order valence-electron chi connectivity index (χ1n) is 22.1. The van der Waals surface area contributed by atoms with E-state index in [2.05, 4.69) is 98.9 Å². The van der Waals surface area contributed by atoms with Crippen molar-refractivity contribution in [2.45, 2.75) is 167 Å². The third-order valence-electron chi connectivity index (χ3n) is 9.27. The highest BCUT2D eigenvalue weighted by atomic mass is 16.6. The predicted molar refractivity (Wildman–Crippen MR) is 235 cm³/mol. The number of carboxylic acids is 1. The minimum absolute atomic E-state index is 0.00842. The van der Waals surface area contributed by atoms with Crippen LogP contribution in [-0.2, 0) is 28.6 Å². The maximum Gasteiger partial charge on any atom is 0.306 e. The fraction of sp³-hybridized carbons (Fsp3) is 0.653. The minimum Gasteiger partial charge on any atom is -0.544 e. The van der Waals surface area contributed by atoms with Gasteiger partial charge < -0.3 is 28.6 Å². The van der Waals surface area contributed by atoms with Gasteiger partial charge >= 0.3 is 11.9 Å². The molecule has 0 amide bonds. The Kier molecular flexibility index (Phi) is 36.9. The number of rotatable bonds is 38. The number of carbonyl (C=O) groups excluding carboxylic acids is 3. The lowest BCUT2D eigenvalue weighted by molar-refractivity contribution is -0.889.